The normalized spacial score (nSPS) is 15.4. The van der Waals surface area contributed by atoms with Gasteiger partial charge < -0.3 is 14.6 Å². The molecule has 0 aliphatic carbocycles. The molecule has 0 saturated heterocycles. The number of nitrogens with one attached hydrogen (secondary N) is 1. The van der Waals surface area contributed by atoms with Crippen molar-refractivity contribution in [2.45, 2.75) is 26.0 Å². The van der Waals surface area contributed by atoms with Crippen molar-refractivity contribution in [2.75, 3.05) is 0 Å². The number of carbonyl (C=O) groups excluding carboxylic acids is 1. The molecule has 1 amide bonds. The van der Waals surface area contributed by atoms with Crippen molar-refractivity contribution < 1.29 is 14.1 Å². The zero-order valence-electron chi connectivity index (χ0n) is 14.2. The Hall–Kier alpha value is -2.79. The minimum Gasteiger partial charge on any atom is -0.490 e. The number of fused-ring (bicyclic) bond motifs is 1. The van der Waals surface area contributed by atoms with E-state index in [1.807, 2.05) is 18.2 Å². The summed E-state index contributed by atoms with van der Waals surface area (Å²) < 4.78 is 11.1. The first-order valence-corrected chi connectivity index (χ1v) is 8.75. The maximum Gasteiger partial charge on any atom is 0.251 e. The van der Waals surface area contributed by atoms with Gasteiger partial charge in [-0.3, -0.25) is 4.79 Å². The largest absolute Gasteiger partial charge is 0.490 e. The van der Waals surface area contributed by atoms with Gasteiger partial charge in [-0.15, -0.1) is 0 Å². The first kappa shape index (κ1) is 16.7. The fraction of sp³-hybridized carbons (Fsp3) is 0.200. The fourth-order valence-electron chi connectivity index (χ4n) is 2.98. The topological polar surface area (TPSA) is 64.4 Å². The highest BCUT2D eigenvalue weighted by Crippen LogP contribution is 2.33. The highest BCUT2D eigenvalue weighted by atomic mass is 35.5. The van der Waals surface area contributed by atoms with Crippen molar-refractivity contribution in [2.24, 2.45) is 0 Å². The summed E-state index contributed by atoms with van der Waals surface area (Å²) in [5, 5.41) is 7.46. The Kier molecular flexibility index (Phi) is 4.39. The first-order valence-electron chi connectivity index (χ1n) is 8.38. The maximum absolute atomic E-state index is 12.1. The van der Waals surface area contributed by atoms with E-state index in [0.717, 1.165) is 17.7 Å². The van der Waals surface area contributed by atoms with Crippen molar-refractivity contribution in [3.63, 3.8) is 0 Å². The van der Waals surface area contributed by atoms with Crippen molar-refractivity contribution in [3.8, 4) is 17.1 Å². The van der Waals surface area contributed by atoms with Gasteiger partial charge in [0.2, 0.25) is 0 Å². The van der Waals surface area contributed by atoms with Gasteiger partial charge in [-0.2, -0.15) is 0 Å². The molecule has 2 aromatic carbocycles. The summed E-state index contributed by atoms with van der Waals surface area (Å²) in [5.74, 6) is 1.41. The van der Waals surface area contributed by atoms with Crippen LogP contribution < -0.4 is 10.1 Å². The molecule has 1 aromatic heterocycles. The van der Waals surface area contributed by atoms with Gasteiger partial charge in [0, 0.05) is 28.6 Å². The predicted octanol–water partition coefficient (Wildman–Crippen LogP) is 4.25. The molecule has 1 atom stereocenters. The summed E-state index contributed by atoms with van der Waals surface area (Å²) in [7, 11) is 0. The van der Waals surface area contributed by atoms with Gasteiger partial charge in [0.15, 0.2) is 5.76 Å². The van der Waals surface area contributed by atoms with E-state index in [0.29, 0.717) is 22.0 Å². The molecule has 2 heterocycles. The number of nitrogens with zero attached hydrogens (tertiary/aromatic N) is 1. The van der Waals surface area contributed by atoms with Crippen LogP contribution in [0.25, 0.3) is 11.3 Å². The van der Waals surface area contributed by atoms with Gasteiger partial charge in [-0.05, 0) is 55.0 Å². The zero-order chi connectivity index (χ0) is 18.1. The van der Waals surface area contributed by atoms with E-state index in [2.05, 4.69) is 23.5 Å². The number of amides is 1. The molecule has 0 spiro atoms. The van der Waals surface area contributed by atoms with Crippen molar-refractivity contribution >= 4 is 17.5 Å². The molecule has 132 valence electrons. The second-order valence-electron chi connectivity index (χ2n) is 6.33. The lowest BCUT2D eigenvalue weighted by Gasteiger charge is -2.03. The van der Waals surface area contributed by atoms with E-state index in [4.69, 9.17) is 20.9 Å². The Morgan fingerprint density at radius 1 is 1.23 bits per heavy atom. The lowest BCUT2D eigenvalue weighted by molar-refractivity contribution is 0.0950. The molecule has 1 aliphatic heterocycles. The van der Waals surface area contributed by atoms with Gasteiger partial charge in [0.25, 0.3) is 5.91 Å². The monoisotopic (exact) mass is 368 g/mol. The van der Waals surface area contributed by atoms with E-state index in [9.17, 15) is 4.79 Å². The Morgan fingerprint density at radius 2 is 2.04 bits per heavy atom. The molecule has 26 heavy (non-hydrogen) atoms. The van der Waals surface area contributed by atoms with E-state index in [1.54, 1.807) is 24.3 Å². The number of rotatable bonds is 4. The molecule has 1 unspecified atom stereocenters. The molecule has 0 bridgehead atoms. The van der Waals surface area contributed by atoms with E-state index in [-0.39, 0.29) is 18.6 Å². The van der Waals surface area contributed by atoms with E-state index in [1.165, 1.54) is 5.56 Å². The molecular weight excluding hydrogens is 352 g/mol. The van der Waals surface area contributed by atoms with E-state index >= 15 is 0 Å². The standard InChI is InChI=1S/C20H17ClN2O3/c1-12-8-15-9-14(4-7-18(15)25-12)19-10-17(23-26-19)11-22-20(24)13-2-5-16(21)6-3-13/h2-7,9-10,12H,8,11H2,1H3,(H,22,24). The van der Waals surface area contributed by atoms with Crippen molar-refractivity contribution in [3.05, 3.63) is 70.4 Å². The Balaban J connectivity index is 1.43. The number of hydrogen-bond acceptors (Lipinski definition) is 4. The quantitative estimate of drug-likeness (QED) is 0.747. The van der Waals surface area contributed by atoms with Gasteiger partial charge in [0.1, 0.15) is 17.5 Å². The van der Waals surface area contributed by atoms with Crippen molar-refractivity contribution in [1.82, 2.24) is 10.5 Å². The lowest BCUT2D eigenvalue weighted by Crippen LogP contribution is -2.22. The fourth-order valence-corrected chi connectivity index (χ4v) is 3.11. The number of carbonyl (C=O) groups is 1. The van der Waals surface area contributed by atoms with Gasteiger partial charge >= 0.3 is 0 Å². The highest BCUT2D eigenvalue weighted by Gasteiger charge is 2.20. The van der Waals surface area contributed by atoms with Gasteiger partial charge in [0.05, 0.1) is 6.54 Å². The van der Waals surface area contributed by atoms with Crippen LogP contribution in [0.1, 0.15) is 28.5 Å². The minimum absolute atomic E-state index is 0.185. The number of halogens is 1. The van der Waals surface area contributed by atoms with Crippen molar-refractivity contribution in [1.29, 1.82) is 0 Å². The number of ether oxygens (including phenoxy) is 1. The maximum atomic E-state index is 12.1. The molecule has 6 heteroatoms. The van der Waals surface area contributed by atoms with Gasteiger partial charge in [-0.25, -0.2) is 0 Å². The van der Waals surface area contributed by atoms with Crippen LogP contribution in [0.2, 0.25) is 5.02 Å². The SMILES string of the molecule is CC1Cc2cc(-c3cc(CNC(=O)c4ccc(Cl)cc4)no3)ccc2O1. The molecule has 0 fully saturated rings. The highest BCUT2D eigenvalue weighted by molar-refractivity contribution is 6.30. The average Bonchev–Trinajstić information content (AvgIpc) is 3.25. The summed E-state index contributed by atoms with van der Waals surface area (Å²) >= 11 is 5.83. The Labute approximate surface area is 155 Å². The van der Waals surface area contributed by atoms with Crippen LogP contribution in [-0.4, -0.2) is 17.2 Å². The minimum atomic E-state index is -0.185. The molecule has 4 rings (SSSR count). The molecule has 1 N–H and O–H groups in total. The van der Waals surface area contributed by atoms with Crippen LogP contribution in [0, 0.1) is 0 Å². The van der Waals surface area contributed by atoms with Gasteiger partial charge in [-0.1, -0.05) is 16.8 Å². The first-order chi connectivity index (χ1) is 12.6. The summed E-state index contributed by atoms with van der Waals surface area (Å²) in [6.07, 6.45) is 1.09. The molecule has 0 saturated carbocycles. The second kappa shape index (κ2) is 6.84. The van der Waals surface area contributed by atoms with Crippen LogP contribution in [0.15, 0.2) is 53.1 Å². The summed E-state index contributed by atoms with van der Waals surface area (Å²) in [5.41, 5.74) is 3.33. The summed E-state index contributed by atoms with van der Waals surface area (Å²) in [6, 6.07) is 14.5. The van der Waals surface area contributed by atoms with Crippen LogP contribution in [-0.2, 0) is 13.0 Å². The van der Waals surface area contributed by atoms with Crippen LogP contribution in [0.3, 0.4) is 0 Å². The molecule has 5 nitrogen and oxygen atoms in total. The molecule has 0 radical (unpaired) electrons. The Bertz CT molecular complexity index is 950. The smallest absolute Gasteiger partial charge is 0.251 e. The molecule has 3 aromatic rings. The number of aromatic nitrogens is 1. The van der Waals surface area contributed by atoms with Crippen LogP contribution >= 0.6 is 11.6 Å². The Morgan fingerprint density at radius 3 is 2.85 bits per heavy atom. The summed E-state index contributed by atoms with van der Waals surface area (Å²) in [6.45, 7) is 2.34. The second-order valence-corrected chi connectivity index (χ2v) is 6.76. The third kappa shape index (κ3) is 3.44. The molecular formula is C20H17ClN2O3. The third-order valence-corrected chi connectivity index (χ3v) is 4.53. The molecule has 1 aliphatic rings. The lowest BCUT2D eigenvalue weighted by atomic mass is 10.1. The predicted molar refractivity (Wildman–Crippen MR) is 98.4 cm³/mol. The van der Waals surface area contributed by atoms with Crippen LogP contribution in [0.4, 0.5) is 0 Å². The summed E-state index contributed by atoms with van der Waals surface area (Å²) in [4.78, 5) is 12.1. The zero-order valence-corrected chi connectivity index (χ0v) is 14.9. The van der Waals surface area contributed by atoms with E-state index < -0.39 is 0 Å². The number of benzene rings is 2. The third-order valence-electron chi connectivity index (χ3n) is 4.28. The van der Waals surface area contributed by atoms with Crippen LogP contribution in [0.5, 0.6) is 5.75 Å². The number of hydrogen-bond donors (Lipinski definition) is 1. The average molecular weight is 369 g/mol.